The molecule has 0 atom stereocenters. The second-order valence-corrected chi connectivity index (χ2v) is 4.40. The van der Waals surface area contributed by atoms with Gasteiger partial charge in [0.05, 0.1) is 6.33 Å². The molecule has 1 aromatic heterocycles. The van der Waals surface area contributed by atoms with Crippen LogP contribution in [0.15, 0.2) is 41.5 Å². The zero-order chi connectivity index (χ0) is 13.7. The third-order valence-corrected chi connectivity index (χ3v) is 2.87. The minimum absolute atomic E-state index is 0.158. The number of hydrogen-bond donors (Lipinski definition) is 2. The van der Waals surface area contributed by atoms with Gasteiger partial charge < -0.3 is 15.6 Å². The van der Waals surface area contributed by atoms with Gasteiger partial charge in [0, 0.05) is 18.3 Å². The normalized spacial score (nSPS) is 10.4. The molecule has 0 bridgehead atoms. The molecule has 0 spiro atoms. The maximum absolute atomic E-state index is 11.4. The molecule has 0 aliphatic heterocycles. The summed E-state index contributed by atoms with van der Waals surface area (Å²) in [5, 5.41) is 0. The number of nitrogens with zero attached hydrogens (tertiary/aromatic N) is 2. The van der Waals surface area contributed by atoms with Crippen LogP contribution in [0.4, 0.5) is 11.5 Å². The quantitative estimate of drug-likeness (QED) is 0.853. The Morgan fingerprint density at radius 1 is 1.32 bits per heavy atom. The van der Waals surface area contributed by atoms with Gasteiger partial charge in [-0.15, -0.1) is 0 Å². The average molecular weight is 258 g/mol. The maximum Gasteiger partial charge on any atom is 0.252 e. The number of nitrogens with two attached hydrogens (primary N) is 1. The minimum atomic E-state index is -0.158. The Kier molecular flexibility index (Phi) is 4.30. The number of rotatable bonds is 5. The maximum atomic E-state index is 11.4. The standard InChI is InChI=1S/C14H18N4O/c1-11-3-5-12(6-4-11)18(8-2-7-15)13-9-14(19)17-10-16-13/h3-6,9-10H,2,7-8,15H2,1H3,(H,16,17,19). The first-order valence-electron chi connectivity index (χ1n) is 6.30. The molecule has 5 heteroatoms. The molecule has 0 radical (unpaired) electrons. The molecule has 0 fully saturated rings. The third-order valence-electron chi connectivity index (χ3n) is 2.87. The van der Waals surface area contributed by atoms with Crippen LogP contribution >= 0.6 is 0 Å². The number of aromatic nitrogens is 2. The first kappa shape index (κ1) is 13.3. The highest BCUT2D eigenvalue weighted by atomic mass is 16.1. The highest BCUT2D eigenvalue weighted by Gasteiger charge is 2.10. The minimum Gasteiger partial charge on any atom is -0.330 e. The number of H-pyrrole nitrogens is 1. The molecule has 0 amide bonds. The lowest BCUT2D eigenvalue weighted by Gasteiger charge is -2.23. The third kappa shape index (κ3) is 3.42. The van der Waals surface area contributed by atoms with Crippen LogP contribution in [0.3, 0.4) is 0 Å². The molecule has 2 rings (SSSR count). The first-order valence-corrected chi connectivity index (χ1v) is 6.30. The van der Waals surface area contributed by atoms with Gasteiger partial charge in [-0.2, -0.15) is 0 Å². The summed E-state index contributed by atoms with van der Waals surface area (Å²) in [6.45, 7) is 3.38. The number of anilines is 2. The van der Waals surface area contributed by atoms with E-state index < -0.39 is 0 Å². The summed E-state index contributed by atoms with van der Waals surface area (Å²) >= 11 is 0. The van der Waals surface area contributed by atoms with Crippen molar-refractivity contribution in [1.29, 1.82) is 0 Å². The van der Waals surface area contributed by atoms with E-state index in [1.807, 2.05) is 36.1 Å². The Hall–Kier alpha value is -2.14. The van der Waals surface area contributed by atoms with Crippen molar-refractivity contribution in [2.75, 3.05) is 18.0 Å². The zero-order valence-corrected chi connectivity index (χ0v) is 11.0. The Labute approximate surface area is 112 Å². The molecule has 0 aliphatic rings. The van der Waals surface area contributed by atoms with Crippen LogP contribution in [-0.2, 0) is 0 Å². The summed E-state index contributed by atoms with van der Waals surface area (Å²) in [7, 11) is 0. The Morgan fingerprint density at radius 2 is 2.05 bits per heavy atom. The second-order valence-electron chi connectivity index (χ2n) is 4.40. The summed E-state index contributed by atoms with van der Waals surface area (Å²) in [5.74, 6) is 0.640. The summed E-state index contributed by atoms with van der Waals surface area (Å²) in [6.07, 6.45) is 2.25. The van der Waals surface area contributed by atoms with Crippen molar-refractivity contribution < 1.29 is 0 Å². The lowest BCUT2D eigenvalue weighted by molar-refractivity contribution is 0.807. The number of nitrogens with one attached hydrogen (secondary N) is 1. The highest BCUT2D eigenvalue weighted by Crippen LogP contribution is 2.22. The predicted molar refractivity (Wildman–Crippen MR) is 76.7 cm³/mol. The monoisotopic (exact) mass is 258 g/mol. The van der Waals surface area contributed by atoms with Gasteiger partial charge in [0.2, 0.25) is 0 Å². The van der Waals surface area contributed by atoms with E-state index in [4.69, 9.17) is 5.73 Å². The zero-order valence-electron chi connectivity index (χ0n) is 11.0. The van der Waals surface area contributed by atoms with E-state index in [-0.39, 0.29) is 5.56 Å². The van der Waals surface area contributed by atoms with Crippen LogP contribution in [0.25, 0.3) is 0 Å². The molecule has 0 saturated carbocycles. The topological polar surface area (TPSA) is 75.0 Å². The van der Waals surface area contributed by atoms with Crippen LogP contribution in [0, 0.1) is 6.92 Å². The van der Waals surface area contributed by atoms with Crippen LogP contribution < -0.4 is 16.2 Å². The van der Waals surface area contributed by atoms with Crippen LogP contribution in [0.2, 0.25) is 0 Å². The fourth-order valence-corrected chi connectivity index (χ4v) is 1.86. The molecule has 3 N–H and O–H groups in total. The number of hydrogen-bond acceptors (Lipinski definition) is 4. The predicted octanol–water partition coefficient (Wildman–Crippen LogP) is 1.57. The molecular weight excluding hydrogens is 240 g/mol. The van der Waals surface area contributed by atoms with Crippen molar-refractivity contribution in [3.63, 3.8) is 0 Å². The van der Waals surface area contributed by atoms with Gasteiger partial charge in [-0.25, -0.2) is 4.98 Å². The van der Waals surface area contributed by atoms with Gasteiger partial charge in [0.15, 0.2) is 0 Å². The van der Waals surface area contributed by atoms with E-state index >= 15 is 0 Å². The fraction of sp³-hybridized carbons (Fsp3) is 0.286. The summed E-state index contributed by atoms with van der Waals surface area (Å²) < 4.78 is 0. The van der Waals surface area contributed by atoms with Crippen LogP contribution in [0.5, 0.6) is 0 Å². The molecule has 100 valence electrons. The van der Waals surface area contributed by atoms with Crippen molar-refractivity contribution in [3.05, 3.63) is 52.6 Å². The second kappa shape index (κ2) is 6.15. The van der Waals surface area contributed by atoms with E-state index in [2.05, 4.69) is 9.97 Å². The number of benzene rings is 1. The largest absolute Gasteiger partial charge is 0.330 e. The Bertz CT molecular complexity index is 576. The van der Waals surface area contributed by atoms with E-state index in [0.29, 0.717) is 12.4 Å². The summed E-state index contributed by atoms with van der Waals surface area (Å²) in [4.78, 5) is 20.2. The van der Waals surface area contributed by atoms with Crippen molar-refractivity contribution in [1.82, 2.24) is 9.97 Å². The summed E-state index contributed by atoms with van der Waals surface area (Å²) in [6, 6.07) is 9.62. The van der Waals surface area contributed by atoms with Gasteiger partial charge in [0.25, 0.3) is 5.56 Å². The molecule has 2 aromatic rings. The van der Waals surface area contributed by atoms with E-state index in [0.717, 1.165) is 18.7 Å². The van der Waals surface area contributed by atoms with Crippen LogP contribution in [0.1, 0.15) is 12.0 Å². The Morgan fingerprint density at radius 3 is 2.68 bits per heavy atom. The molecule has 5 nitrogen and oxygen atoms in total. The summed E-state index contributed by atoms with van der Waals surface area (Å²) in [5.41, 5.74) is 7.62. The van der Waals surface area contributed by atoms with E-state index in [1.165, 1.54) is 18.0 Å². The van der Waals surface area contributed by atoms with Gasteiger partial charge in [-0.1, -0.05) is 17.7 Å². The van der Waals surface area contributed by atoms with Crippen LogP contribution in [-0.4, -0.2) is 23.1 Å². The molecule has 19 heavy (non-hydrogen) atoms. The molecule has 0 unspecified atom stereocenters. The van der Waals surface area contributed by atoms with Gasteiger partial charge in [0.1, 0.15) is 5.82 Å². The smallest absolute Gasteiger partial charge is 0.252 e. The highest BCUT2D eigenvalue weighted by molar-refractivity contribution is 5.59. The Balaban J connectivity index is 2.35. The lowest BCUT2D eigenvalue weighted by atomic mass is 10.2. The molecule has 0 aliphatic carbocycles. The fourth-order valence-electron chi connectivity index (χ4n) is 1.86. The average Bonchev–Trinajstić information content (AvgIpc) is 2.41. The van der Waals surface area contributed by atoms with Gasteiger partial charge >= 0.3 is 0 Å². The molecule has 0 saturated heterocycles. The van der Waals surface area contributed by atoms with Gasteiger partial charge in [-0.05, 0) is 32.0 Å². The van der Waals surface area contributed by atoms with Crippen molar-refractivity contribution in [2.45, 2.75) is 13.3 Å². The van der Waals surface area contributed by atoms with E-state index in [1.54, 1.807) is 0 Å². The molecule has 1 heterocycles. The SMILES string of the molecule is Cc1ccc(N(CCCN)c2cc(=O)[nH]cn2)cc1. The van der Waals surface area contributed by atoms with Gasteiger partial charge in [-0.3, -0.25) is 4.79 Å². The molecule has 1 aromatic carbocycles. The first-order chi connectivity index (χ1) is 9.20. The van der Waals surface area contributed by atoms with Crippen molar-refractivity contribution >= 4 is 11.5 Å². The van der Waals surface area contributed by atoms with Crippen molar-refractivity contribution in [3.8, 4) is 0 Å². The number of aryl methyl sites for hydroxylation is 1. The lowest BCUT2D eigenvalue weighted by Crippen LogP contribution is -2.23. The van der Waals surface area contributed by atoms with E-state index in [9.17, 15) is 4.79 Å². The molecular formula is C14H18N4O. The number of aromatic amines is 1. The van der Waals surface area contributed by atoms with Crippen molar-refractivity contribution in [2.24, 2.45) is 5.73 Å².